The predicted octanol–water partition coefficient (Wildman–Crippen LogP) is -1.46. The molecule has 0 saturated heterocycles. The predicted molar refractivity (Wildman–Crippen MR) is 71.7 cm³/mol. The number of hydrogen-bond acceptors (Lipinski definition) is 3. The fraction of sp³-hybridized carbons (Fsp3) is 0.188. The van der Waals surface area contributed by atoms with Crippen LogP contribution in [0.15, 0.2) is 54.6 Å². The van der Waals surface area contributed by atoms with Crippen molar-refractivity contribution < 1.29 is 39.5 Å². The molecule has 3 rings (SSSR count). The van der Waals surface area contributed by atoms with Crippen LogP contribution in [-0.4, -0.2) is 12.5 Å². The van der Waals surface area contributed by atoms with E-state index in [1.165, 1.54) is 5.56 Å². The molecule has 1 aliphatic rings. The van der Waals surface area contributed by atoms with Crippen molar-refractivity contribution in [2.45, 2.75) is 12.5 Å². The Labute approximate surface area is 140 Å². The van der Waals surface area contributed by atoms with Crippen molar-refractivity contribution in [2.75, 3.05) is 11.4 Å². The molecular weight excluding hydrogens is 261 g/mol. The number of nitrogens with zero attached hydrogens (tertiary/aromatic N) is 1. The van der Waals surface area contributed by atoms with Crippen molar-refractivity contribution in [3.63, 3.8) is 0 Å². The molecule has 3 nitrogen and oxygen atoms in total. The molecule has 1 heterocycles. The molecule has 0 radical (unpaired) electrons. The van der Waals surface area contributed by atoms with E-state index in [9.17, 15) is 9.90 Å². The van der Waals surface area contributed by atoms with Gasteiger partial charge in [0.2, 0.25) is 0 Å². The van der Waals surface area contributed by atoms with E-state index in [0.29, 0.717) is 6.54 Å². The minimum atomic E-state index is -1.05. The van der Waals surface area contributed by atoms with Gasteiger partial charge in [-0.3, -0.25) is 0 Å². The van der Waals surface area contributed by atoms with Crippen LogP contribution < -0.4 is 39.6 Å². The fourth-order valence-corrected chi connectivity index (χ4v) is 2.71. The number of para-hydroxylation sites is 1. The quantitative estimate of drug-likeness (QED) is 0.643. The Bertz CT molecular complexity index is 600. The van der Waals surface area contributed by atoms with E-state index in [0.717, 1.165) is 17.7 Å². The number of carboxylic acid groups (broad SMARTS) is 1. The second-order valence-electron chi connectivity index (χ2n) is 4.70. The van der Waals surface area contributed by atoms with E-state index < -0.39 is 12.0 Å². The van der Waals surface area contributed by atoms with Gasteiger partial charge in [0.1, 0.15) is 0 Å². The number of benzene rings is 2. The SMILES string of the molecule is O=C([O-])C(c1ccccc1)N1CCc2ccccc21.[Na+]. The molecule has 1 unspecified atom stereocenters. The van der Waals surface area contributed by atoms with Gasteiger partial charge in [0, 0.05) is 12.2 Å². The molecule has 4 heteroatoms. The normalized spacial score (nSPS) is 14.3. The van der Waals surface area contributed by atoms with E-state index in [-0.39, 0.29) is 29.6 Å². The van der Waals surface area contributed by atoms with Crippen molar-refractivity contribution in [1.29, 1.82) is 0 Å². The molecule has 96 valence electrons. The van der Waals surface area contributed by atoms with Gasteiger partial charge in [0.05, 0.1) is 12.0 Å². The van der Waals surface area contributed by atoms with Crippen LogP contribution in [0.25, 0.3) is 0 Å². The van der Waals surface area contributed by atoms with Crippen LogP contribution in [-0.2, 0) is 11.2 Å². The molecule has 0 saturated carbocycles. The zero-order chi connectivity index (χ0) is 13.2. The van der Waals surface area contributed by atoms with Crippen LogP contribution in [0, 0.1) is 0 Å². The molecule has 1 aliphatic heterocycles. The van der Waals surface area contributed by atoms with Crippen LogP contribution in [0.2, 0.25) is 0 Å². The summed E-state index contributed by atoms with van der Waals surface area (Å²) in [5.41, 5.74) is 2.96. The first-order valence-electron chi connectivity index (χ1n) is 6.38. The Morgan fingerprint density at radius 3 is 2.40 bits per heavy atom. The smallest absolute Gasteiger partial charge is 0.548 e. The minimum absolute atomic E-state index is 0. The van der Waals surface area contributed by atoms with Gasteiger partial charge in [-0.15, -0.1) is 0 Å². The van der Waals surface area contributed by atoms with Gasteiger partial charge in [0.25, 0.3) is 0 Å². The summed E-state index contributed by atoms with van der Waals surface area (Å²) in [5, 5.41) is 11.5. The van der Waals surface area contributed by atoms with Crippen molar-refractivity contribution >= 4 is 11.7 Å². The standard InChI is InChI=1S/C16H15NO2.Na/c18-16(19)15(13-7-2-1-3-8-13)17-11-10-12-6-4-5-9-14(12)17;/h1-9,15H,10-11H2,(H,18,19);/q;+1/p-1. The fourth-order valence-electron chi connectivity index (χ4n) is 2.71. The summed E-state index contributed by atoms with van der Waals surface area (Å²) in [5.74, 6) is -1.05. The number of carbonyl (C=O) groups is 1. The first kappa shape index (κ1) is 15.1. The first-order valence-corrected chi connectivity index (χ1v) is 6.38. The second kappa shape index (κ2) is 6.44. The monoisotopic (exact) mass is 275 g/mol. The van der Waals surface area contributed by atoms with Gasteiger partial charge in [-0.05, 0) is 23.6 Å². The van der Waals surface area contributed by atoms with Gasteiger partial charge >= 0.3 is 29.6 Å². The second-order valence-corrected chi connectivity index (χ2v) is 4.70. The molecule has 0 N–H and O–H groups in total. The van der Waals surface area contributed by atoms with E-state index in [1.807, 2.05) is 59.5 Å². The van der Waals surface area contributed by atoms with Crippen molar-refractivity contribution in [3.05, 3.63) is 65.7 Å². The van der Waals surface area contributed by atoms with Gasteiger partial charge in [0.15, 0.2) is 0 Å². The largest absolute Gasteiger partial charge is 1.00 e. The summed E-state index contributed by atoms with van der Waals surface area (Å²) >= 11 is 0. The van der Waals surface area contributed by atoms with Crippen molar-refractivity contribution in [1.82, 2.24) is 0 Å². The van der Waals surface area contributed by atoms with E-state index in [2.05, 4.69) is 0 Å². The molecule has 1 atom stereocenters. The molecule has 2 aromatic carbocycles. The number of hydrogen-bond donors (Lipinski definition) is 0. The van der Waals surface area contributed by atoms with E-state index in [4.69, 9.17) is 0 Å². The minimum Gasteiger partial charge on any atom is -0.548 e. The molecule has 0 spiro atoms. The van der Waals surface area contributed by atoms with Crippen LogP contribution >= 0.6 is 0 Å². The number of anilines is 1. The summed E-state index contributed by atoms with van der Waals surface area (Å²) in [6.07, 6.45) is 0.882. The van der Waals surface area contributed by atoms with Crippen LogP contribution in [0.4, 0.5) is 5.69 Å². The molecule has 0 aromatic heterocycles. The molecule has 20 heavy (non-hydrogen) atoms. The summed E-state index contributed by atoms with van der Waals surface area (Å²) in [7, 11) is 0. The Hall–Kier alpha value is -1.29. The van der Waals surface area contributed by atoms with Gasteiger partial charge in [-0.25, -0.2) is 0 Å². The zero-order valence-electron chi connectivity index (χ0n) is 11.5. The van der Waals surface area contributed by atoms with E-state index >= 15 is 0 Å². The zero-order valence-corrected chi connectivity index (χ0v) is 13.5. The summed E-state index contributed by atoms with van der Waals surface area (Å²) in [6, 6.07) is 16.5. The Morgan fingerprint density at radius 2 is 1.70 bits per heavy atom. The Morgan fingerprint density at radius 1 is 1.05 bits per heavy atom. The Kier molecular flexibility index (Phi) is 4.86. The third-order valence-electron chi connectivity index (χ3n) is 3.57. The van der Waals surface area contributed by atoms with Crippen molar-refractivity contribution in [2.24, 2.45) is 0 Å². The maximum atomic E-state index is 11.5. The number of rotatable bonds is 3. The summed E-state index contributed by atoms with van der Waals surface area (Å²) in [4.78, 5) is 13.5. The van der Waals surface area contributed by atoms with Gasteiger partial charge < -0.3 is 14.8 Å². The van der Waals surface area contributed by atoms with Crippen LogP contribution in [0.1, 0.15) is 17.2 Å². The summed E-state index contributed by atoms with van der Waals surface area (Å²) < 4.78 is 0. The van der Waals surface area contributed by atoms with E-state index in [1.54, 1.807) is 0 Å². The average Bonchev–Trinajstić information content (AvgIpc) is 2.84. The number of fused-ring (bicyclic) bond motifs is 1. The molecule has 0 amide bonds. The number of carboxylic acids is 1. The van der Waals surface area contributed by atoms with Gasteiger partial charge in [-0.1, -0.05) is 48.5 Å². The Balaban J connectivity index is 0.00000147. The third-order valence-corrected chi connectivity index (χ3v) is 3.57. The summed E-state index contributed by atoms with van der Waals surface area (Å²) in [6.45, 7) is 0.715. The third kappa shape index (κ3) is 2.75. The van der Waals surface area contributed by atoms with Crippen LogP contribution in [0.5, 0.6) is 0 Å². The van der Waals surface area contributed by atoms with Gasteiger partial charge in [-0.2, -0.15) is 0 Å². The number of aliphatic carboxylic acids is 1. The molecule has 2 aromatic rings. The first-order chi connectivity index (χ1) is 9.27. The molecule has 0 bridgehead atoms. The average molecular weight is 275 g/mol. The van der Waals surface area contributed by atoms with Crippen molar-refractivity contribution in [3.8, 4) is 0 Å². The number of carbonyl (C=O) groups excluding carboxylic acids is 1. The molecule has 0 aliphatic carbocycles. The van der Waals surface area contributed by atoms with Crippen LogP contribution in [0.3, 0.4) is 0 Å². The topological polar surface area (TPSA) is 43.4 Å². The molecular formula is C16H14NNaO2. The maximum absolute atomic E-state index is 11.5. The molecule has 0 fully saturated rings. The maximum Gasteiger partial charge on any atom is 1.00 e.